The molecule has 228 valence electrons. The van der Waals surface area contributed by atoms with Gasteiger partial charge in [-0.15, -0.1) is 0 Å². The van der Waals surface area contributed by atoms with Gasteiger partial charge in [-0.3, -0.25) is 14.7 Å². The highest BCUT2D eigenvalue weighted by atomic mass is 16.5. The molecule has 0 spiro atoms. The van der Waals surface area contributed by atoms with Crippen molar-refractivity contribution in [1.82, 2.24) is 20.2 Å². The summed E-state index contributed by atoms with van der Waals surface area (Å²) in [5.41, 5.74) is 1.72. The van der Waals surface area contributed by atoms with Gasteiger partial charge in [-0.2, -0.15) is 10.1 Å². The smallest absolute Gasteiger partial charge is 0.344 e. The van der Waals surface area contributed by atoms with Crippen LogP contribution in [0, 0.1) is 0 Å². The van der Waals surface area contributed by atoms with Gasteiger partial charge in [0, 0.05) is 25.1 Å². The number of aliphatic carboxylic acids is 2. The van der Waals surface area contributed by atoms with Crippen LogP contribution < -0.4 is 14.4 Å². The molecule has 2 unspecified atom stereocenters. The van der Waals surface area contributed by atoms with E-state index in [2.05, 4.69) is 20.2 Å². The van der Waals surface area contributed by atoms with E-state index < -0.39 is 24.1 Å². The van der Waals surface area contributed by atoms with E-state index in [1.165, 1.54) is 0 Å². The number of carbonyl (C=O) groups excluding carboxylic acids is 1. The number of nitrogens with zero attached hydrogens (tertiary/aromatic N) is 4. The number of nitrogens with one attached hydrogen (secondary N) is 1. The number of benzene rings is 1. The van der Waals surface area contributed by atoms with E-state index in [0.29, 0.717) is 79.8 Å². The normalized spacial score (nSPS) is 12.5. The minimum Gasteiger partial charge on any atom is -0.481 e. The monoisotopic (exact) mass is 583 g/mol. The van der Waals surface area contributed by atoms with E-state index in [-0.39, 0.29) is 18.2 Å². The maximum absolute atomic E-state index is 14.1. The Morgan fingerprint density at radius 3 is 2.31 bits per heavy atom. The second-order valence-electron chi connectivity index (χ2n) is 10.1. The van der Waals surface area contributed by atoms with Gasteiger partial charge in [0.25, 0.3) is 5.91 Å². The molecular formula is C30H41N5O7. The molecule has 0 aliphatic heterocycles. The standard InChI is InChI=1S/C30H41N5O7/c1-4-7-12-23(42-28-27-22(19-31-34-27)32-25(6-3)33-28)29(38)35(18-10-8-9-13-26(36)37)20-14-16-21(17-15-20)41-24(11-5-2)30(39)40/h14-17,19,23-24H,4-13,18H2,1-3H3,(H,31,34)(H,36,37)(H,39,40). The molecular weight excluding hydrogens is 542 g/mol. The number of unbranched alkanes of at least 4 members (excludes halogenated alkanes) is 3. The fourth-order valence-electron chi connectivity index (χ4n) is 4.49. The van der Waals surface area contributed by atoms with Crippen LogP contribution in [0.15, 0.2) is 30.5 Å². The highest BCUT2D eigenvalue weighted by Gasteiger charge is 2.29. The van der Waals surface area contributed by atoms with Crippen LogP contribution in [0.5, 0.6) is 11.6 Å². The first-order chi connectivity index (χ1) is 20.3. The first-order valence-electron chi connectivity index (χ1n) is 14.7. The Balaban J connectivity index is 1.88. The summed E-state index contributed by atoms with van der Waals surface area (Å²) in [6, 6.07) is 6.75. The Hall–Kier alpha value is -4.22. The van der Waals surface area contributed by atoms with Gasteiger partial charge in [0.05, 0.1) is 6.20 Å². The van der Waals surface area contributed by atoms with Crippen LogP contribution in [0.25, 0.3) is 11.0 Å². The SMILES string of the molecule is CCCCC(Oc1nc(CC)nc2cn[nH]c12)C(=O)N(CCCCCC(=O)O)c1ccc(OC(CCC)C(=O)O)cc1. The van der Waals surface area contributed by atoms with Gasteiger partial charge < -0.3 is 24.6 Å². The number of fused-ring (bicyclic) bond motifs is 1. The summed E-state index contributed by atoms with van der Waals surface area (Å²) in [5, 5.41) is 25.4. The molecule has 3 N–H and O–H groups in total. The molecule has 3 rings (SSSR count). The number of carboxylic acid groups (broad SMARTS) is 2. The van der Waals surface area contributed by atoms with Crippen LogP contribution in [0.2, 0.25) is 0 Å². The number of hydrogen-bond acceptors (Lipinski definition) is 8. The van der Waals surface area contributed by atoms with Crippen molar-refractivity contribution >= 4 is 34.6 Å². The highest BCUT2D eigenvalue weighted by molar-refractivity contribution is 5.97. The van der Waals surface area contributed by atoms with Crippen LogP contribution in [-0.4, -0.2) is 67.0 Å². The molecule has 2 aromatic heterocycles. The van der Waals surface area contributed by atoms with E-state index in [1.54, 1.807) is 35.4 Å². The molecule has 1 aromatic carbocycles. The fraction of sp³-hybridized carbons (Fsp3) is 0.533. The molecule has 0 aliphatic carbocycles. The first kappa shape index (κ1) is 32.3. The minimum atomic E-state index is -1.03. The number of aromatic amines is 1. The molecule has 0 saturated heterocycles. The average Bonchev–Trinajstić information content (AvgIpc) is 3.46. The van der Waals surface area contributed by atoms with Gasteiger partial charge >= 0.3 is 11.9 Å². The first-order valence-corrected chi connectivity index (χ1v) is 14.7. The van der Waals surface area contributed by atoms with E-state index in [9.17, 15) is 19.5 Å². The Kier molecular flexibility index (Phi) is 12.5. The van der Waals surface area contributed by atoms with E-state index >= 15 is 0 Å². The average molecular weight is 584 g/mol. The van der Waals surface area contributed by atoms with Crippen molar-refractivity contribution in [1.29, 1.82) is 0 Å². The molecule has 12 nitrogen and oxygen atoms in total. The van der Waals surface area contributed by atoms with Crippen molar-refractivity contribution in [3.05, 3.63) is 36.3 Å². The predicted octanol–water partition coefficient (Wildman–Crippen LogP) is 5.16. The zero-order valence-electron chi connectivity index (χ0n) is 24.5. The number of hydrogen-bond donors (Lipinski definition) is 3. The maximum atomic E-state index is 14.1. The van der Waals surface area contributed by atoms with E-state index in [0.717, 1.165) is 12.8 Å². The molecule has 2 atom stereocenters. The van der Waals surface area contributed by atoms with E-state index in [4.69, 9.17) is 14.6 Å². The number of carboxylic acids is 2. The number of aromatic nitrogens is 4. The van der Waals surface area contributed by atoms with Crippen LogP contribution in [0.1, 0.15) is 84.4 Å². The molecule has 0 radical (unpaired) electrons. The second-order valence-corrected chi connectivity index (χ2v) is 10.1. The maximum Gasteiger partial charge on any atom is 0.344 e. The molecule has 12 heteroatoms. The van der Waals surface area contributed by atoms with Gasteiger partial charge in [0.1, 0.15) is 22.6 Å². The van der Waals surface area contributed by atoms with Crippen molar-refractivity contribution in [2.75, 3.05) is 11.4 Å². The number of aryl methyl sites for hydroxylation is 1. The van der Waals surface area contributed by atoms with Gasteiger partial charge in [0.15, 0.2) is 12.2 Å². The number of H-pyrrole nitrogens is 1. The topological polar surface area (TPSA) is 168 Å². The van der Waals surface area contributed by atoms with Crippen LogP contribution in [0.3, 0.4) is 0 Å². The Morgan fingerprint density at radius 2 is 1.67 bits per heavy atom. The summed E-state index contributed by atoms with van der Waals surface area (Å²) in [5.74, 6) is -0.900. The Labute approximate surface area is 245 Å². The summed E-state index contributed by atoms with van der Waals surface area (Å²) in [6.07, 6.45) is 5.29. The number of carbonyl (C=O) groups is 3. The largest absolute Gasteiger partial charge is 0.481 e. The van der Waals surface area contributed by atoms with Crippen molar-refractivity contribution in [3.8, 4) is 11.6 Å². The van der Waals surface area contributed by atoms with Gasteiger partial charge in [-0.1, -0.05) is 40.0 Å². The predicted molar refractivity (Wildman–Crippen MR) is 157 cm³/mol. The molecule has 2 heterocycles. The van der Waals surface area contributed by atoms with Crippen molar-refractivity contribution < 1.29 is 34.1 Å². The quantitative estimate of drug-likeness (QED) is 0.160. The molecule has 0 aliphatic rings. The lowest BCUT2D eigenvalue weighted by Gasteiger charge is -2.28. The lowest BCUT2D eigenvalue weighted by molar-refractivity contribution is -0.145. The molecule has 1 amide bonds. The molecule has 3 aromatic rings. The van der Waals surface area contributed by atoms with Crippen LogP contribution in [-0.2, 0) is 20.8 Å². The number of ether oxygens (including phenoxy) is 2. The van der Waals surface area contributed by atoms with E-state index in [1.807, 2.05) is 20.8 Å². The summed E-state index contributed by atoms with van der Waals surface area (Å²) < 4.78 is 12.0. The van der Waals surface area contributed by atoms with Gasteiger partial charge in [-0.05, 0) is 56.4 Å². The van der Waals surface area contributed by atoms with Gasteiger partial charge in [0.2, 0.25) is 5.88 Å². The molecule has 42 heavy (non-hydrogen) atoms. The molecule has 0 bridgehead atoms. The van der Waals surface area contributed by atoms with Crippen LogP contribution >= 0.6 is 0 Å². The number of amides is 1. The third kappa shape index (κ3) is 9.15. The van der Waals surface area contributed by atoms with Crippen LogP contribution in [0.4, 0.5) is 5.69 Å². The van der Waals surface area contributed by atoms with Crippen molar-refractivity contribution in [3.63, 3.8) is 0 Å². The van der Waals surface area contributed by atoms with Crippen molar-refractivity contribution in [2.45, 2.75) is 97.2 Å². The summed E-state index contributed by atoms with van der Waals surface area (Å²) in [4.78, 5) is 47.2. The Bertz CT molecular complexity index is 1310. The summed E-state index contributed by atoms with van der Waals surface area (Å²) >= 11 is 0. The van der Waals surface area contributed by atoms with Crippen molar-refractivity contribution in [2.24, 2.45) is 0 Å². The molecule has 0 fully saturated rings. The lowest BCUT2D eigenvalue weighted by Crippen LogP contribution is -2.43. The lowest BCUT2D eigenvalue weighted by atomic mass is 10.1. The second kappa shape index (κ2) is 16.3. The van der Waals surface area contributed by atoms with Gasteiger partial charge in [-0.25, -0.2) is 9.78 Å². The third-order valence-electron chi connectivity index (χ3n) is 6.77. The highest BCUT2D eigenvalue weighted by Crippen LogP contribution is 2.27. The third-order valence-corrected chi connectivity index (χ3v) is 6.77. The number of rotatable bonds is 19. The zero-order valence-corrected chi connectivity index (χ0v) is 24.5. The molecule has 0 saturated carbocycles. The number of anilines is 1. The minimum absolute atomic E-state index is 0.0678. The summed E-state index contributed by atoms with van der Waals surface area (Å²) in [6.45, 7) is 6.21. The summed E-state index contributed by atoms with van der Waals surface area (Å²) in [7, 11) is 0. The zero-order chi connectivity index (χ0) is 30.5. The fourth-order valence-corrected chi connectivity index (χ4v) is 4.49. The Morgan fingerprint density at radius 1 is 0.905 bits per heavy atom.